The molecule has 33 heavy (non-hydrogen) atoms. The minimum Gasteiger partial charge on any atom is -0.497 e. The third-order valence-electron chi connectivity index (χ3n) is 5.41. The van der Waals surface area contributed by atoms with Gasteiger partial charge in [0.25, 0.3) is 5.91 Å². The molecule has 1 atom stereocenters. The topological polar surface area (TPSA) is 102 Å². The van der Waals surface area contributed by atoms with Gasteiger partial charge in [0.15, 0.2) is 6.61 Å². The molecule has 3 rings (SSSR count). The molecule has 0 radical (unpaired) electrons. The van der Waals surface area contributed by atoms with Crippen molar-refractivity contribution in [2.45, 2.75) is 24.2 Å². The molecule has 1 amide bonds. The molecular formula is C23H27FN2O6S. The fraction of sp³-hybridized carbons (Fsp3) is 0.391. The second kappa shape index (κ2) is 11.2. The minimum absolute atomic E-state index is 0.000613. The van der Waals surface area contributed by atoms with E-state index in [1.165, 1.54) is 35.7 Å². The molecule has 8 nitrogen and oxygen atoms in total. The van der Waals surface area contributed by atoms with Crippen molar-refractivity contribution < 1.29 is 31.9 Å². The van der Waals surface area contributed by atoms with Crippen LogP contribution in [0.15, 0.2) is 53.4 Å². The first-order chi connectivity index (χ1) is 15.8. The van der Waals surface area contributed by atoms with Gasteiger partial charge in [-0.05, 0) is 61.2 Å². The first-order valence-electron chi connectivity index (χ1n) is 10.6. The summed E-state index contributed by atoms with van der Waals surface area (Å²) in [6.45, 7) is 0.185. The van der Waals surface area contributed by atoms with E-state index in [-0.39, 0.29) is 17.3 Å². The Kier molecular flexibility index (Phi) is 8.40. The summed E-state index contributed by atoms with van der Waals surface area (Å²) in [4.78, 5) is 24.5. The van der Waals surface area contributed by atoms with E-state index < -0.39 is 34.4 Å². The maximum absolute atomic E-state index is 12.9. The minimum atomic E-state index is -3.76. The Morgan fingerprint density at radius 1 is 1.12 bits per heavy atom. The number of amides is 1. The Morgan fingerprint density at radius 3 is 2.48 bits per heavy atom. The summed E-state index contributed by atoms with van der Waals surface area (Å²) in [5, 5.41) is 2.64. The highest BCUT2D eigenvalue weighted by molar-refractivity contribution is 7.89. The molecular weight excluding hydrogens is 451 g/mol. The van der Waals surface area contributed by atoms with E-state index in [1.807, 2.05) is 0 Å². The van der Waals surface area contributed by atoms with Crippen molar-refractivity contribution in [3.8, 4) is 5.75 Å². The first kappa shape index (κ1) is 24.7. The van der Waals surface area contributed by atoms with Crippen LogP contribution >= 0.6 is 0 Å². The Morgan fingerprint density at radius 2 is 1.82 bits per heavy atom. The molecule has 0 spiro atoms. The predicted molar refractivity (Wildman–Crippen MR) is 119 cm³/mol. The van der Waals surface area contributed by atoms with Gasteiger partial charge in [0.2, 0.25) is 10.0 Å². The molecule has 0 aliphatic carbocycles. The van der Waals surface area contributed by atoms with Crippen LogP contribution in [0.2, 0.25) is 0 Å². The van der Waals surface area contributed by atoms with Gasteiger partial charge in [0, 0.05) is 19.6 Å². The molecule has 1 heterocycles. The smallest absolute Gasteiger partial charge is 0.310 e. The molecule has 0 aromatic heterocycles. The van der Waals surface area contributed by atoms with Gasteiger partial charge in [-0.15, -0.1) is 0 Å². The number of hydrogen-bond donors (Lipinski definition) is 1. The fourth-order valence-electron chi connectivity index (χ4n) is 3.55. The number of carbonyl (C=O) groups is 2. The van der Waals surface area contributed by atoms with E-state index in [0.717, 1.165) is 5.56 Å². The van der Waals surface area contributed by atoms with Crippen LogP contribution in [0.5, 0.6) is 5.75 Å². The maximum Gasteiger partial charge on any atom is 0.310 e. The van der Waals surface area contributed by atoms with E-state index in [9.17, 15) is 22.4 Å². The summed E-state index contributed by atoms with van der Waals surface area (Å²) in [6, 6.07) is 12.0. The van der Waals surface area contributed by atoms with Gasteiger partial charge >= 0.3 is 5.97 Å². The molecule has 2 aromatic carbocycles. The molecule has 0 saturated carbocycles. The third-order valence-corrected chi connectivity index (χ3v) is 7.29. The number of esters is 1. The summed E-state index contributed by atoms with van der Waals surface area (Å²) in [6.07, 6.45) is 1.51. The van der Waals surface area contributed by atoms with Gasteiger partial charge in [-0.2, -0.15) is 4.31 Å². The number of methoxy groups -OCH3 is 1. The Labute approximate surface area is 192 Å². The number of hydrogen-bond acceptors (Lipinski definition) is 6. The van der Waals surface area contributed by atoms with Crippen molar-refractivity contribution in [2.75, 3.05) is 33.4 Å². The lowest BCUT2D eigenvalue weighted by Crippen LogP contribution is -2.43. The van der Waals surface area contributed by atoms with Crippen LogP contribution in [0.25, 0.3) is 0 Å². The highest BCUT2D eigenvalue weighted by Crippen LogP contribution is 2.25. The fourth-order valence-corrected chi connectivity index (χ4v) is 5.08. The quantitative estimate of drug-likeness (QED) is 0.554. The number of rotatable bonds is 9. The first-order valence-corrected chi connectivity index (χ1v) is 12.1. The number of halogens is 1. The lowest BCUT2D eigenvalue weighted by molar-refractivity contribution is -0.153. The van der Waals surface area contributed by atoms with E-state index in [4.69, 9.17) is 9.47 Å². The molecule has 178 valence electrons. The SMILES string of the molecule is COc1ccc(S(=O)(=O)N2CCCC(C(=O)OCC(=O)NCCc3ccc(F)cc3)C2)cc1. The zero-order valence-electron chi connectivity index (χ0n) is 18.3. The van der Waals surface area contributed by atoms with E-state index >= 15 is 0 Å². The van der Waals surface area contributed by atoms with Crippen molar-refractivity contribution in [1.82, 2.24) is 9.62 Å². The number of ether oxygens (including phenoxy) is 2. The van der Waals surface area contributed by atoms with E-state index in [2.05, 4.69) is 5.32 Å². The lowest BCUT2D eigenvalue weighted by atomic mass is 10.00. The van der Waals surface area contributed by atoms with Gasteiger partial charge in [0.1, 0.15) is 11.6 Å². The zero-order valence-corrected chi connectivity index (χ0v) is 19.1. The van der Waals surface area contributed by atoms with Crippen LogP contribution in [0.4, 0.5) is 4.39 Å². The standard InChI is InChI=1S/C23H27FN2O6S/c1-31-20-8-10-21(11-9-20)33(29,30)26-14-2-3-18(15-26)23(28)32-16-22(27)25-13-12-17-4-6-19(24)7-5-17/h4-11,18H,2-3,12-16H2,1H3,(H,25,27). The molecule has 1 fully saturated rings. The monoisotopic (exact) mass is 478 g/mol. The van der Waals surface area contributed by atoms with Crippen molar-refractivity contribution in [1.29, 1.82) is 0 Å². The summed E-state index contributed by atoms with van der Waals surface area (Å²) in [5.41, 5.74) is 0.870. The highest BCUT2D eigenvalue weighted by atomic mass is 32.2. The van der Waals surface area contributed by atoms with Crippen molar-refractivity contribution in [3.05, 3.63) is 59.9 Å². The lowest BCUT2D eigenvalue weighted by Gasteiger charge is -2.30. The second-order valence-corrected chi connectivity index (χ2v) is 9.65. The highest BCUT2D eigenvalue weighted by Gasteiger charge is 2.34. The zero-order chi connectivity index (χ0) is 23.8. The van der Waals surface area contributed by atoms with Gasteiger partial charge in [-0.3, -0.25) is 9.59 Å². The Bertz CT molecular complexity index is 1060. The third kappa shape index (κ3) is 6.75. The number of piperidine rings is 1. The molecule has 1 saturated heterocycles. The predicted octanol–water partition coefficient (Wildman–Crippen LogP) is 2.14. The Hall–Kier alpha value is -2.98. The van der Waals surface area contributed by atoms with Gasteiger partial charge in [0.05, 0.1) is 17.9 Å². The van der Waals surface area contributed by atoms with Gasteiger partial charge < -0.3 is 14.8 Å². The summed E-state index contributed by atoms with van der Waals surface area (Å²) >= 11 is 0. The number of nitrogens with one attached hydrogen (secondary N) is 1. The van der Waals surface area contributed by atoms with Crippen LogP contribution in [0.3, 0.4) is 0 Å². The molecule has 1 aliphatic heterocycles. The molecule has 1 N–H and O–H groups in total. The van der Waals surface area contributed by atoms with Crippen molar-refractivity contribution in [3.63, 3.8) is 0 Å². The van der Waals surface area contributed by atoms with Crippen LogP contribution in [-0.2, 0) is 30.8 Å². The number of nitrogens with zero attached hydrogens (tertiary/aromatic N) is 1. The maximum atomic E-state index is 12.9. The Balaban J connectivity index is 1.46. The van der Waals surface area contributed by atoms with E-state index in [1.54, 1.807) is 24.3 Å². The van der Waals surface area contributed by atoms with Crippen molar-refractivity contribution in [2.24, 2.45) is 5.92 Å². The van der Waals surface area contributed by atoms with Crippen LogP contribution in [-0.4, -0.2) is 58.0 Å². The van der Waals surface area contributed by atoms with Crippen LogP contribution in [0.1, 0.15) is 18.4 Å². The summed E-state index contributed by atoms with van der Waals surface area (Å²) < 4.78 is 50.2. The number of benzene rings is 2. The number of sulfonamides is 1. The summed E-state index contributed by atoms with van der Waals surface area (Å²) in [5.74, 6) is -1.47. The van der Waals surface area contributed by atoms with Crippen LogP contribution < -0.4 is 10.1 Å². The largest absolute Gasteiger partial charge is 0.497 e. The average Bonchev–Trinajstić information content (AvgIpc) is 2.84. The molecule has 1 aliphatic rings. The second-order valence-electron chi connectivity index (χ2n) is 7.71. The van der Waals surface area contributed by atoms with Gasteiger partial charge in [-0.1, -0.05) is 12.1 Å². The number of carbonyl (C=O) groups excluding carboxylic acids is 2. The molecule has 1 unspecified atom stereocenters. The van der Waals surface area contributed by atoms with E-state index in [0.29, 0.717) is 38.1 Å². The van der Waals surface area contributed by atoms with Crippen molar-refractivity contribution >= 4 is 21.9 Å². The van der Waals surface area contributed by atoms with Gasteiger partial charge in [-0.25, -0.2) is 12.8 Å². The average molecular weight is 479 g/mol. The van der Waals surface area contributed by atoms with Crippen LogP contribution in [0, 0.1) is 11.7 Å². The summed E-state index contributed by atoms with van der Waals surface area (Å²) in [7, 11) is -2.26. The molecule has 10 heteroatoms. The molecule has 0 bridgehead atoms. The molecule has 2 aromatic rings. The normalized spacial score (nSPS) is 16.7.